The van der Waals surface area contributed by atoms with Gasteiger partial charge in [0, 0.05) is 0 Å². The summed E-state index contributed by atoms with van der Waals surface area (Å²) in [4.78, 5) is 10.8. The van der Waals surface area contributed by atoms with Crippen LogP contribution in [0.25, 0.3) is 10.8 Å². The largest absolute Gasteiger partial charge is 0.493 e. The third kappa shape index (κ3) is 3.94. The summed E-state index contributed by atoms with van der Waals surface area (Å²) in [5.74, 6) is 0.0665. The molecule has 0 saturated heterocycles. The van der Waals surface area contributed by atoms with E-state index in [-0.39, 0.29) is 5.92 Å². The van der Waals surface area contributed by atoms with Crippen molar-refractivity contribution in [1.29, 1.82) is 0 Å². The lowest BCUT2D eigenvalue weighted by Crippen LogP contribution is -2.25. The smallest absolute Gasteiger partial charge is 0.311 e. The Labute approximate surface area is 164 Å². The highest BCUT2D eigenvalue weighted by Gasteiger charge is 2.33. The maximum absolute atomic E-state index is 10.8. The summed E-state index contributed by atoms with van der Waals surface area (Å²) >= 11 is 0. The molecule has 3 aromatic carbocycles. The van der Waals surface area contributed by atoms with Gasteiger partial charge in [-0.25, -0.2) is 0 Å². The van der Waals surface area contributed by atoms with Gasteiger partial charge in [-0.2, -0.15) is 0 Å². The summed E-state index contributed by atoms with van der Waals surface area (Å²) in [5.41, 5.74) is 8.76. The fraction of sp³-hybridized carbons (Fsp3) is 0.261. The van der Waals surface area contributed by atoms with Crippen LogP contribution in [0.1, 0.15) is 22.6 Å². The molecule has 5 heteroatoms. The molecule has 0 spiro atoms. The van der Waals surface area contributed by atoms with Crippen molar-refractivity contribution in [2.45, 2.75) is 18.8 Å². The lowest BCUT2D eigenvalue weighted by molar-refractivity contribution is -0.139. The molecule has 5 nitrogen and oxygen atoms in total. The zero-order chi connectivity index (χ0) is 20.1. The van der Waals surface area contributed by atoms with Crippen molar-refractivity contribution in [3.05, 3.63) is 71.3 Å². The number of hydrogen-bond acceptors (Lipinski definition) is 4. The van der Waals surface area contributed by atoms with Crippen molar-refractivity contribution < 1.29 is 19.4 Å². The van der Waals surface area contributed by atoms with Gasteiger partial charge in [0.25, 0.3) is 0 Å². The quantitative estimate of drug-likeness (QED) is 0.705. The summed E-state index contributed by atoms with van der Waals surface area (Å²) in [5, 5.41) is 11.5. The van der Waals surface area contributed by atoms with E-state index in [0.717, 1.165) is 17.5 Å². The van der Waals surface area contributed by atoms with Crippen LogP contribution < -0.4 is 15.2 Å². The number of ether oxygens (including phenoxy) is 2. The van der Waals surface area contributed by atoms with Gasteiger partial charge in [0.1, 0.15) is 0 Å². The highest BCUT2D eigenvalue weighted by molar-refractivity contribution is 5.85. The van der Waals surface area contributed by atoms with Crippen molar-refractivity contribution in [1.82, 2.24) is 0 Å². The van der Waals surface area contributed by atoms with Gasteiger partial charge in [0.15, 0.2) is 11.5 Å². The second-order valence-corrected chi connectivity index (χ2v) is 6.68. The maximum Gasteiger partial charge on any atom is 0.311 e. The first-order valence-corrected chi connectivity index (χ1v) is 9.23. The number of rotatable bonds is 5. The van der Waals surface area contributed by atoms with Crippen LogP contribution in [-0.4, -0.2) is 31.8 Å². The fourth-order valence-electron chi connectivity index (χ4n) is 3.52. The summed E-state index contributed by atoms with van der Waals surface area (Å²) in [6.45, 7) is 0.716. The first-order valence-electron chi connectivity index (χ1n) is 9.23. The number of hydrogen-bond donors (Lipinski definition) is 2. The lowest BCUT2D eigenvalue weighted by Gasteiger charge is -2.27. The standard InChI is InChI=1S/C12H13N.C11H12O4/c13-9-8-11-6-3-5-10-4-1-2-7-12(10)11;1-14-9-4-6-3-8(11(12)13)7(6)5-10(9)15-2/h1-7H,8-9,13H2;4-5,8H,3H2,1-2H3,(H,12,13)/t;8-/m.0/s1. The van der Waals surface area contributed by atoms with Crippen LogP contribution in [0.15, 0.2) is 54.6 Å². The average Bonchev–Trinajstić information content (AvgIpc) is 2.69. The molecule has 0 amide bonds. The van der Waals surface area contributed by atoms with Gasteiger partial charge in [-0.3, -0.25) is 4.79 Å². The predicted molar refractivity (Wildman–Crippen MR) is 110 cm³/mol. The second-order valence-electron chi connectivity index (χ2n) is 6.68. The Balaban J connectivity index is 0.000000162. The SMILES string of the molecule is COc1cc2c(cc1OC)[C@@H](C(=O)O)C2.NCCc1cccc2ccccc12. The molecular weight excluding hydrogens is 354 g/mol. The number of aliphatic carboxylic acids is 1. The molecule has 0 radical (unpaired) electrons. The van der Waals surface area contributed by atoms with Gasteiger partial charge in [-0.1, -0.05) is 42.5 Å². The minimum Gasteiger partial charge on any atom is -0.493 e. The van der Waals surface area contributed by atoms with Crippen molar-refractivity contribution in [3.8, 4) is 11.5 Å². The van der Waals surface area contributed by atoms with Gasteiger partial charge >= 0.3 is 5.97 Å². The van der Waals surface area contributed by atoms with Crippen LogP contribution in [0.5, 0.6) is 11.5 Å². The van der Waals surface area contributed by atoms with Crippen molar-refractivity contribution in [2.24, 2.45) is 5.73 Å². The summed E-state index contributed by atoms with van der Waals surface area (Å²) in [6, 6.07) is 18.4. The Hall–Kier alpha value is -3.05. The van der Waals surface area contributed by atoms with Gasteiger partial charge < -0.3 is 20.3 Å². The molecule has 0 heterocycles. The predicted octanol–water partition coefficient (Wildman–Crippen LogP) is 3.77. The third-order valence-corrected chi connectivity index (χ3v) is 5.04. The molecular formula is C23H25NO4. The molecule has 0 aliphatic heterocycles. The van der Waals surface area contributed by atoms with E-state index in [0.29, 0.717) is 24.5 Å². The number of fused-ring (bicyclic) bond motifs is 2. The monoisotopic (exact) mass is 379 g/mol. The molecule has 28 heavy (non-hydrogen) atoms. The highest BCUT2D eigenvalue weighted by Crippen LogP contribution is 2.42. The van der Waals surface area contributed by atoms with E-state index in [9.17, 15) is 4.79 Å². The molecule has 0 unspecified atom stereocenters. The number of nitrogens with two attached hydrogens (primary N) is 1. The summed E-state index contributed by atoms with van der Waals surface area (Å²) in [7, 11) is 3.11. The molecule has 0 aromatic heterocycles. The van der Waals surface area contributed by atoms with E-state index >= 15 is 0 Å². The first kappa shape index (κ1) is 19.7. The van der Waals surface area contributed by atoms with E-state index in [1.165, 1.54) is 16.3 Å². The van der Waals surface area contributed by atoms with Crippen LogP contribution in [-0.2, 0) is 17.6 Å². The van der Waals surface area contributed by atoms with Crippen LogP contribution in [0.3, 0.4) is 0 Å². The van der Waals surface area contributed by atoms with Crippen LogP contribution in [0.4, 0.5) is 0 Å². The van der Waals surface area contributed by atoms with Crippen LogP contribution >= 0.6 is 0 Å². The number of carboxylic acids is 1. The zero-order valence-corrected chi connectivity index (χ0v) is 16.1. The van der Waals surface area contributed by atoms with E-state index in [1.807, 2.05) is 6.07 Å². The summed E-state index contributed by atoms with van der Waals surface area (Å²) in [6.07, 6.45) is 1.53. The van der Waals surface area contributed by atoms with Crippen LogP contribution in [0, 0.1) is 0 Å². The van der Waals surface area contributed by atoms with E-state index in [2.05, 4.69) is 42.5 Å². The number of methoxy groups -OCH3 is 2. The minimum absolute atomic E-state index is 0.389. The third-order valence-electron chi connectivity index (χ3n) is 5.04. The Kier molecular flexibility index (Phi) is 6.16. The lowest BCUT2D eigenvalue weighted by atomic mass is 9.77. The number of benzene rings is 3. The topological polar surface area (TPSA) is 81.8 Å². The average molecular weight is 379 g/mol. The number of carboxylic acid groups (broad SMARTS) is 1. The first-order chi connectivity index (χ1) is 13.6. The Morgan fingerprint density at radius 1 is 1.07 bits per heavy atom. The van der Waals surface area contributed by atoms with E-state index in [4.69, 9.17) is 20.3 Å². The molecule has 1 aliphatic carbocycles. The van der Waals surface area contributed by atoms with Crippen LogP contribution in [0.2, 0.25) is 0 Å². The minimum atomic E-state index is -0.783. The van der Waals surface area contributed by atoms with E-state index < -0.39 is 5.97 Å². The Morgan fingerprint density at radius 3 is 2.43 bits per heavy atom. The zero-order valence-electron chi connectivity index (χ0n) is 16.1. The molecule has 4 rings (SSSR count). The Bertz CT molecular complexity index is 978. The molecule has 3 aromatic rings. The maximum atomic E-state index is 10.8. The Morgan fingerprint density at radius 2 is 1.75 bits per heavy atom. The van der Waals surface area contributed by atoms with Crippen molar-refractivity contribution >= 4 is 16.7 Å². The summed E-state index contributed by atoms with van der Waals surface area (Å²) < 4.78 is 10.2. The molecule has 1 aliphatic rings. The van der Waals surface area contributed by atoms with Crippen molar-refractivity contribution in [2.75, 3.05) is 20.8 Å². The number of carbonyl (C=O) groups is 1. The van der Waals surface area contributed by atoms with Gasteiger partial charge in [0.05, 0.1) is 20.1 Å². The second kappa shape index (κ2) is 8.76. The van der Waals surface area contributed by atoms with Crippen molar-refractivity contribution in [3.63, 3.8) is 0 Å². The molecule has 146 valence electrons. The molecule has 0 bridgehead atoms. The van der Waals surface area contributed by atoms with Gasteiger partial charge in [-0.05, 0) is 59.0 Å². The normalized spacial score (nSPS) is 14.3. The van der Waals surface area contributed by atoms with Gasteiger partial charge in [0.2, 0.25) is 0 Å². The molecule has 0 fully saturated rings. The molecule has 1 atom stereocenters. The molecule has 3 N–H and O–H groups in total. The highest BCUT2D eigenvalue weighted by atomic mass is 16.5. The van der Waals surface area contributed by atoms with E-state index in [1.54, 1.807) is 20.3 Å². The fourth-order valence-corrected chi connectivity index (χ4v) is 3.52. The van der Waals surface area contributed by atoms with Gasteiger partial charge in [-0.15, -0.1) is 0 Å². The molecule has 0 saturated carbocycles.